The number of anilines is 1. The topological polar surface area (TPSA) is 50.8 Å². The molecule has 1 unspecified atom stereocenters. The summed E-state index contributed by atoms with van der Waals surface area (Å²) in [4.78, 5) is 14.6. The van der Waals surface area contributed by atoms with E-state index in [9.17, 15) is 4.79 Å². The third kappa shape index (κ3) is 4.76. The number of nitrogens with one attached hydrogen (secondary N) is 1. The zero-order valence-electron chi connectivity index (χ0n) is 15.4. The molecular weight excluding hydrogens is 328 g/mol. The molecule has 5 heteroatoms. The van der Waals surface area contributed by atoms with Gasteiger partial charge in [0, 0.05) is 32.9 Å². The van der Waals surface area contributed by atoms with Gasteiger partial charge in [0.25, 0.3) is 5.91 Å². The Labute approximate surface area is 154 Å². The second-order valence-electron chi connectivity index (χ2n) is 6.69. The molecule has 1 N–H and O–H groups in total. The van der Waals surface area contributed by atoms with Crippen LogP contribution in [0.4, 0.5) is 5.69 Å². The zero-order valence-corrected chi connectivity index (χ0v) is 15.4. The Kier molecular flexibility index (Phi) is 6.12. The number of para-hydroxylation sites is 1. The number of hydrogen-bond acceptors (Lipinski definition) is 4. The molecule has 1 heterocycles. The molecule has 2 aromatic carbocycles. The van der Waals surface area contributed by atoms with Gasteiger partial charge in [-0.25, -0.2) is 0 Å². The predicted octanol–water partition coefficient (Wildman–Crippen LogP) is 3.24. The van der Waals surface area contributed by atoms with Crippen molar-refractivity contribution in [1.82, 2.24) is 5.32 Å². The fraction of sp³-hybridized carbons (Fsp3) is 0.381. The summed E-state index contributed by atoms with van der Waals surface area (Å²) >= 11 is 0. The molecule has 1 aliphatic heterocycles. The number of hydrogen-bond donors (Lipinski definition) is 1. The molecule has 138 valence electrons. The summed E-state index contributed by atoms with van der Waals surface area (Å²) in [5, 5.41) is 2.97. The lowest BCUT2D eigenvalue weighted by Crippen LogP contribution is -2.24. The summed E-state index contributed by atoms with van der Waals surface area (Å²) in [5.41, 5.74) is 2.74. The van der Waals surface area contributed by atoms with Crippen LogP contribution in [0.1, 0.15) is 28.8 Å². The average molecular weight is 354 g/mol. The minimum Gasteiger partial charge on any atom is -0.490 e. The molecule has 0 aliphatic carbocycles. The van der Waals surface area contributed by atoms with Gasteiger partial charge in [-0.15, -0.1) is 0 Å². The molecule has 2 aromatic rings. The van der Waals surface area contributed by atoms with Crippen LogP contribution in [-0.4, -0.2) is 39.3 Å². The quantitative estimate of drug-likeness (QED) is 0.829. The SMILES string of the molecule is CN(C)c1ccc(CNC(=O)c2ccccc2OCC2CCCO2)cc1. The molecule has 1 atom stereocenters. The highest BCUT2D eigenvalue weighted by atomic mass is 16.5. The smallest absolute Gasteiger partial charge is 0.255 e. The first-order valence-corrected chi connectivity index (χ1v) is 9.01. The molecule has 26 heavy (non-hydrogen) atoms. The van der Waals surface area contributed by atoms with Crippen LogP contribution in [0.25, 0.3) is 0 Å². The fourth-order valence-electron chi connectivity index (χ4n) is 2.93. The van der Waals surface area contributed by atoms with Crippen LogP contribution in [0.3, 0.4) is 0 Å². The Bertz CT molecular complexity index is 722. The van der Waals surface area contributed by atoms with E-state index in [0.717, 1.165) is 30.7 Å². The van der Waals surface area contributed by atoms with Gasteiger partial charge in [-0.3, -0.25) is 4.79 Å². The molecule has 1 aliphatic rings. The van der Waals surface area contributed by atoms with E-state index in [1.807, 2.05) is 61.5 Å². The summed E-state index contributed by atoms with van der Waals surface area (Å²) in [6.45, 7) is 1.76. The Balaban J connectivity index is 1.58. The summed E-state index contributed by atoms with van der Waals surface area (Å²) in [5.74, 6) is 0.466. The van der Waals surface area contributed by atoms with Gasteiger partial charge in [0.05, 0.1) is 11.7 Å². The van der Waals surface area contributed by atoms with E-state index < -0.39 is 0 Å². The molecular formula is C21H26N2O3. The zero-order chi connectivity index (χ0) is 18.4. The molecule has 1 saturated heterocycles. The first kappa shape index (κ1) is 18.3. The summed E-state index contributed by atoms with van der Waals surface area (Å²) in [6.07, 6.45) is 2.21. The third-order valence-corrected chi connectivity index (χ3v) is 4.49. The lowest BCUT2D eigenvalue weighted by atomic mass is 10.1. The summed E-state index contributed by atoms with van der Waals surface area (Å²) in [7, 11) is 4.01. The lowest BCUT2D eigenvalue weighted by molar-refractivity contribution is 0.0670. The standard InChI is InChI=1S/C21H26N2O3/c1-23(2)17-11-9-16(10-12-17)14-22-21(24)19-7-3-4-8-20(19)26-15-18-6-5-13-25-18/h3-4,7-12,18H,5-6,13-15H2,1-2H3,(H,22,24). The van der Waals surface area contributed by atoms with Crippen LogP contribution in [0.15, 0.2) is 48.5 Å². The van der Waals surface area contributed by atoms with Gasteiger partial charge >= 0.3 is 0 Å². The van der Waals surface area contributed by atoms with Crippen molar-refractivity contribution in [2.75, 3.05) is 32.2 Å². The van der Waals surface area contributed by atoms with Gasteiger partial charge in [-0.05, 0) is 42.7 Å². The Hall–Kier alpha value is -2.53. The Morgan fingerprint density at radius 2 is 1.96 bits per heavy atom. The van der Waals surface area contributed by atoms with E-state index in [2.05, 4.69) is 5.32 Å². The molecule has 0 aromatic heterocycles. The van der Waals surface area contributed by atoms with Crippen molar-refractivity contribution >= 4 is 11.6 Å². The van der Waals surface area contributed by atoms with Crippen molar-refractivity contribution in [2.24, 2.45) is 0 Å². The number of amides is 1. The Morgan fingerprint density at radius 3 is 2.65 bits per heavy atom. The molecule has 0 radical (unpaired) electrons. The van der Waals surface area contributed by atoms with Crippen molar-refractivity contribution in [3.8, 4) is 5.75 Å². The molecule has 0 saturated carbocycles. The minimum absolute atomic E-state index is 0.126. The normalized spacial score (nSPS) is 16.3. The molecule has 5 nitrogen and oxygen atoms in total. The lowest BCUT2D eigenvalue weighted by Gasteiger charge is -2.15. The molecule has 3 rings (SSSR count). The van der Waals surface area contributed by atoms with E-state index >= 15 is 0 Å². The van der Waals surface area contributed by atoms with E-state index in [0.29, 0.717) is 24.5 Å². The fourth-order valence-corrected chi connectivity index (χ4v) is 2.93. The van der Waals surface area contributed by atoms with Crippen molar-refractivity contribution in [1.29, 1.82) is 0 Å². The number of carbonyl (C=O) groups excluding carboxylic acids is 1. The van der Waals surface area contributed by atoms with Gasteiger partial charge in [-0.2, -0.15) is 0 Å². The van der Waals surface area contributed by atoms with Gasteiger partial charge < -0.3 is 19.7 Å². The highest BCUT2D eigenvalue weighted by molar-refractivity contribution is 5.96. The van der Waals surface area contributed by atoms with Crippen LogP contribution >= 0.6 is 0 Å². The van der Waals surface area contributed by atoms with Gasteiger partial charge in [-0.1, -0.05) is 24.3 Å². The van der Waals surface area contributed by atoms with Gasteiger partial charge in [0.1, 0.15) is 12.4 Å². The van der Waals surface area contributed by atoms with Crippen molar-refractivity contribution in [3.63, 3.8) is 0 Å². The maximum absolute atomic E-state index is 12.6. The molecule has 0 bridgehead atoms. The highest BCUT2D eigenvalue weighted by Gasteiger charge is 2.18. The highest BCUT2D eigenvalue weighted by Crippen LogP contribution is 2.20. The summed E-state index contributed by atoms with van der Waals surface area (Å²) < 4.78 is 11.4. The van der Waals surface area contributed by atoms with E-state index in [-0.39, 0.29) is 12.0 Å². The van der Waals surface area contributed by atoms with E-state index in [4.69, 9.17) is 9.47 Å². The number of rotatable bonds is 7. The minimum atomic E-state index is -0.135. The monoisotopic (exact) mass is 354 g/mol. The second kappa shape index (κ2) is 8.72. The number of nitrogens with zero attached hydrogens (tertiary/aromatic N) is 1. The maximum Gasteiger partial charge on any atom is 0.255 e. The first-order valence-electron chi connectivity index (χ1n) is 9.01. The van der Waals surface area contributed by atoms with E-state index in [1.54, 1.807) is 6.07 Å². The predicted molar refractivity (Wildman–Crippen MR) is 103 cm³/mol. The summed E-state index contributed by atoms with van der Waals surface area (Å²) in [6, 6.07) is 15.5. The largest absolute Gasteiger partial charge is 0.490 e. The van der Waals surface area contributed by atoms with Crippen LogP contribution in [0.2, 0.25) is 0 Å². The first-order chi connectivity index (χ1) is 12.6. The van der Waals surface area contributed by atoms with Crippen molar-refractivity contribution < 1.29 is 14.3 Å². The van der Waals surface area contributed by atoms with Crippen molar-refractivity contribution in [3.05, 3.63) is 59.7 Å². The second-order valence-corrected chi connectivity index (χ2v) is 6.69. The van der Waals surface area contributed by atoms with Crippen LogP contribution < -0.4 is 15.0 Å². The van der Waals surface area contributed by atoms with Crippen LogP contribution in [0, 0.1) is 0 Å². The number of ether oxygens (including phenoxy) is 2. The molecule has 0 spiro atoms. The Morgan fingerprint density at radius 1 is 1.19 bits per heavy atom. The molecule has 1 fully saturated rings. The average Bonchev–Trinajstić information content (AvgIpc) is 3.18. The van der Waals surface area contributed by atoms with Crippen LogP contribution in [-0.2, 0) is 11.3 Å². The number of carbonyl (C=O) groups is 1. The van der Waals surface area contributed by atoms with Gasteiger partial charge in [0.15, 0.2) is 0 Å². The number of benzene rings is 2. The maximum atomic E-state index is 12.6. The van der Waals surface area contributed by atoms with Crippen molar-refractivity contribution in [2.45, 2.75) is 25.5 Å². The van der Waals surface area contributed by atoms with Crippen LogP contribution in [0.5, 0.6) is 5.75 Å². The van der Waals surface area contributed by atoms with Gasteiger partial charge in [0.2, 0.25) is 0 Å². The third-order valence-electron chi connectivity index (χ3n) is 4.49. The van der Waals surface area contributed by atoms with E-state index in [1.165, 1.54) is 0 Å². The molecule has 1 amide bonds.